The number of aromatic nitrogens is 2. The van der Waals surface area contributed by atoms with Crippen LogP contribution in [0.15, 0.2) is 6.07 Å². The van der Waals surface area contributed by atoms with E-state index in [2.05, 4.69) is 10.4 Å². The molecule has 1 heterocycles. The van der Waals surface area contributed by atoms with E-state index in [-0.39, 0.29) is 0 Å². The van der Waals surface area contributed by atoms with Crippen molar-refractivity contribution in [3.05, 3.63) is 11.8 Å². The number of hydrogen-bond acceptors (Lipinski definition) is 3. The van der Waals surface area contributed by atoms with Crippen LogP contribution in [0.1, 0.15) is 37.8 Å². The molecular weight excluding hydrogens is 214 g/mol. The smallest absolute Gasteiger partial charge is 0.211 e. The van der Waals surface area contributed by atoms with E-state index in [9.17, 15) is 0 Å². The van der Waals surface area contributed by atoms with Crippen molar-refractivity contribution in [1.82, 2.24) is 15.1 Å². The first-order valence-corrected chi connectivity index (χ1v) is 6.62. The van der Waals surface area contributed by atoms with Crippen molar-refractivity contribution < 1.29 is 4.74 Å². The fourth-order valence-corrected chi connectivity index (χ4v) is 1.90. The molecule has 2 rings (SSSR count). The van der Waals surface area contributed by atoms with E-state index in [0.29, 0.717) is 0 Å². The van der Waals surface area contributed by atoms with Gasteiger partial charge in [0.2, 0.25) is 5.88 Å². The molecule has 17 heavy (non-hydrogen) atoms. The van der Waals surface area contributed by atoms with Crippen LogP contribution in [0.3, 0.4) is 0 Å². The van der Waals surface area contributed by atoms with E-state index in [1.54, 1.807) is 4.68 Å². The van der Waals surface area contributed by atoms with Crippen LogP contribution in [0.25, 0.3) is 0 Å². The van der Waals surface area contributed by atoms with Crippen LogP contribution in [0.5, 0.6) is 5.88 Å². The minimum absolute atomic E-state index is 0.794. The molecule has 1 fully saturated rings. The highest BCUT2D eigenvalue weighted by molar-refractivity contribution is 5.14. The lowest BCUT2D eigenvalue weighted by Gasteiger charge is -2.06. The summed E-state index contributed by atoms with van der Waals surface area (Å²) in [5.74, 6) is 0.874. The van der Waals surface area contributed by atoms with Crippen molar-refractivity contribution in [2.75, 3.05) is 13.2 Å². The van der Waals surface area contributed by atoms with Crippen molar-refractivity contribution in [1.29, 1.82) is 0 Å². The van der Waals surface area contributed by atoms with Crippen molar-refractivity contribution in [2.45, 2.75) is 45.1 Å². The molecule has 0 atom stereocenters. The van der Waals surface area contributed by atoms with Gasteiger partial charge in [-0.15, -0.1) is 0 Å². The predicted octanol–water partition coefficient (Wildman–Crippen LogP) is 2.03. The zero-order valence-corrected chi connectivity index (χ0v) is 10.9. The normalized spacial score (nSPS) is 15.2. The first-order chi connectivity index (χ1) is 8.25. The molecule has 0 amide bonds. The highest BCUT2D eigenvalue weighted by atomic mass is 16.5. The van der Waals surface area contributed by atoms with Gasteiger partial charge in [-0.05, 0) is 45.6 Å². The third-order valence-corrected chi connectivity index (χ3v) is 3.04. The Morgan fingerprint density at radius 1 is 1.41 bits per heavy atom. The van der Waals surface area contributed by atoms with E-state index in [1.807, 2.05) is 20.0 Å². The molecule has 0 bridgehead atoms. The molecule has 0 radical (unpaired) electrons. The minimum atomic E-state index is 0.794. The first kappa shape index (κ1) is 12.4. The van der Waals surface area contributed by atoms with Gasteiger partial charge in [-0.2, -0.15) is 5.10 Å². The molecule has 0 aromatic carbocycles. The van der Waals surface area contributed by atoms with Crippen molar-refractivity contribution >= 4 is 0 Å². The number of unbranched alkanes of at least 4 members (excludes halogenated alkanes) is 2. The molecule has 1 aliphatic rings. The maximum atomic E-state index is 5.68. The van der Waals surface area contributed by atoms with Crippen LogP contribution in [-0.4, -0.2) is 29.0 Å². The average Bonchev–Trinajstić information content (AvgIpc) is 3.04. The highest BCUT2D eigenvalue weighted by Gasteiger charge is 2.19. The van der Waals surface area contributed by atoms with Crippen LogP contribution in [0.4, 0.5) is 0 Å². The van der Waals surface area contributed by atoms with E-state index >= 15 is 0 Å². The van der Waals surface area contributed by atoms with Crippen molar-refractivity contribution in [3.63, 3.8) is 0 Å². The second-order valence-corrected chi connectivity index (χ2v) is 4.89. The number of aryl methyl sites for hydroxylation is 2. The van der Waals surface area contributed by atoms with E-state index in [1.165, 1.54) is 25.7 Å². The minimum Gasteiger partial charge on any atom is -0.478 e. The summed E-state index contributed by atoms with van der Waals surface area (Å²) in [7, 11) is 1.92. The van der Waals surface area contributed by atoms with Gasteiger partial charge in [-0.3, -0.25) is 0 Å². The predicted molar refractivity (Wildman–Crippen MR) is 68.3 cm³/mol. The summed E-state index contributed by atoms with van der Waals surface area (Å²) >= 11 is 0. The molecule has 0 aliphatic heterocycles. The zero-order chi connectivity index (χ0) is 12.1. The maximum Gasteiger partial charge on any atom is 0.211 e. The van der Waals surface area contributed by atoms with E-state index in [4.69, 9.17) is 4.74 Å². The Bertz CT molecular complexity index is 344. The van der Waals surface area contributed by atoms with Gasteiger partial charge >= 0.3 is 0 Å². The topological polar surface area (TPSA) is 39.1 Å². The van der Waals surface area contributed by atoms with Gasteiger partial charge in [0, 0.05) is 19.2 Å². The Balaban J connectivity index is 1.49. The van der Waals surface area contributed by atoms with E-state index in [0.717, 1.165) is 37.2 Å². The molecule has 1 N–H and O–H groups in total. The third-order valence-electron chi connectivity index (χ3n) is 3.04. The molecule has 4 nitrogen and oxygen atoms in total. The van der Waals surface area contributed by atoms with Crippen LogP contribution in [0.2, 0.25) is 0 Å². The largest absolute Gasteiger partial charge is 0.478 e. The lowest BCUT2D eigenvalue weighted by Crippen LogP contribution is -2.17. The Morgan fingerprint density at radius 3 is 2.88 bits per heavy atom. The van der Waals surface area contributed by atoms with E-state index < -0.39 is 0 Å². The fraction of sp³-hybridized carbons (Fsp3) is 0.769. The summed E-state index contributed by atoms with van der Waals surface area (Å²) in [6.07, 6.45) is 6.36. The van der Waals surface area contributed by atoms with Gasteiger partial charge in [0.25, 0.3) is 0 Å². The first-order valence-electron chi connectivity index (χ1n) is 6.62. The van der Waals surface area contributed by atoms with Crippen LogP contribution in [-0.2, 0) is 7.05 Å². The Hall–Kier alpha value is -1.03. The van der Waals surface area contributed by atoms with Gasteiger partial charge < -0.3 is 10.1 Å². The standard InChI is InChI=1S/C13H23N3O/c1-11-10-13(16(2)15-11)17-9-5-3-4-8-14-12-6-7-12/h10,12,14H,3-9H2,1-2H3. The Labute approximate surface area is 103 Å². The molecule has 1 saturated carbocycles. The number of hydrogen-bond donors (Lipinski definition) is 1. The molecule has 1 aliphatic carbocycles. The molecular formula is C13H23N3O. The second kappa shape index (κ2) is 6.05. The number of nitrogens with one attached hydrogen (secondary N) is 1. The highest BCUT2D eigenvalue weighted by Crippen LogP contribution is 2.18. The molecule has 0 unspecified atom stereocenters. The molecule has 96 valence electrons. The Kier molecular flexibility index (Phi) is 4.42. The van der Waals surface area contributed by atoms with Gasteiger partial charge in [-0.25, -0.2) is 4.68 Å². The molecule has 0 saturated heterocycles. The van der Waals surface area contributed by atoms with Crippen molar-refractivity contribution in [2.24, 2.45) is 7.05 Å². The van der Waals surface area contributed by atoms with Gasteiger partial charge in [0.05, 0.1) is 12.3 Å². The van der Waals surface area contributed by atoms with Crippen LogP contribution in [0, 0.1) is 6.92 Å². The summed E-state index contributed by atoms with van der Waals surface area (Å²) in [4.78, 5) is 0. The summed E-state index contributed by atoms with van der Waals surface area (Å²) in [5.41, 5.74) is 1.01. The van der Waals surface area contributed by atoms with Gasteiger partial charge in [-0.1, -0.05) is 0 Å². The SMILES string of the molecule is Cc1cc(OCCCCCNC2CC2)n(C)n1. The lowest BCUT2D eigenvalue weighted by atomic mass is 10.2. The van der Waals surface area contributed by atoms with Crippen LogP contribution < -0.4 is 10.1 Å². The quantitative estimate of drug-likeness (QED) is 0.703. The van der Waals surface area contributed by atoms with Gasteiger partial charge in [0.1, 0.15) is 0 Å². The zero-order valence-electron chi connectivity index (χ0n) is 10.9. The maximum absolute atomic E-state index is 5.68. The number of nitrogens with zero attached hydrogens (tertiary/aromatic N) is 2. The molecule has 0 spiro atoms. The van der Waals surface area contributed by atoms with Gasteiger partial charge in [0.15, 0.2) is 0 Å². The number of rotatable bonds is 8. The monoisotopic (exact) mass is 237 g/mol. The summed E-state index contributed by atoms with van der Waals surface area (Å²) in [5, 5.41) is 7.77. The molecule has 1 aromatic rings. The molecule has 4 heteroatoms. The van der Waals surface area contributed by atoms with Crippen molar-refractivity contribution in [3.8, 4) is 5.88 Å². The van der Waals surface area contributed by atoms with Crippen LogP contribution >= 0.6 is 0 Å². The lowest BCUT2D eigenvalue weighted by molar-refractivity contribution is 0.280. The average molecular weight is 237 g/mol. The summed E-state index contributed by atoms with van der Waals surface area (Å²) < 4.78 is 7.47. The molecule has 1 aromatic heterocycles. The second-order valence-electron chi connectivity index (χ2n) is 4.89. The summed E-state index contributed by atoms with van der Waals surface area (Å²) in [6, 6.07) is 2.82. The summed E-state index contributed by atoms with van der Waals surface area (Å²) in [6.45, 7) is 3.94. The Morgan fingerprint density at radius 2 is 2.24 bits per heavy atom. The third kappa shape index (κ3) is 4.38. The number of ether oxygens (including phenoxy) is 1. The fourth-order valence-electron chi connectivity index (χ4n) is 1.90.